The van der Waals surface area contributed by atoms with Crippen LogP contribution in [0.3, 0.4) is 0 Å². The number of rotatable bonds is 5. The number of nitrogens with zero attached hydrogens (tertiary/aromatic N) is 3. The predicted octanol–water partition coefficient (Wildman–Crippen LogP) is 2.66. The van der Waals surface area contributed by atoms with E-state index in [-0.39, 0.29) is 23.1 Å². The number of morpholine rings is 1. The molecule has 140 valence electrons. The van der Waals surface area contributed by atoms with E-state index in [1.54, 1.807) is 27.7 Å². The van der Waals surface area contributed by atoms with Crippen molar-refractivity contribution in [2.24, 2.45) is 5.92 Å². The van der Waals surface area contributed by atoms with E-state index < -0.39 is 0 Å². The van der Waals surface area contributed by atoms with Gasteiger partial charge < -0.3 is 9.64 Å². The third-order valence-corrected chi connectivity index (χ3v) is 5.31. The highest BCUT2D eigenvalue weighted by Gasteiger charge is 2.19. The van der Waals surface area contributed by atoms with Gasteiger partial charge in [-0.05, 0) is 24.1 Å². The third-order valence-electron chi connectivity index (χ3n) is 4.12. The minimum Gasteiger partial charge on any atom is -0.378 e. The van der Waals surface area contributed by atoms with Gasteiger partial charge in [0.1, 0.15) is 0 Å². The first kappa shape index (κ1) is 19.2. The van der Waals surface area contributed by atoms with Crippen LogP contribution in [0.5, 0.6) is 0 Å². The minimum atomic E-state index is -0.0957. The molecule has 0 radical (unpaired) electrons. The van der Waals surface area contributed by atoms with Crippen molar-refractivity contribution in [3.05, 3.63) is 33.6 Å². The van der Waals surface area contributed by atoms with Crippen LogP contribution in [0.1, 0.15) is 13.8 Å². The number of amides is 1. The fourth-order valence-electron chi connectivity index (χ4n) is 2.84. The zero-order chi connectivity index (χ0) is 18.7. The summed E-state index contributed by atoms with van der Waals surface area (Å²) in [7, 11) is 0. The van der Waals surface area contributed by atoms with E-state index in [1.165, 1.54) is 11.8 Å². The molecule has 8 heteroatoms. The number of carbonyl (C=O) groups is 1. The number of halogens is 1. The van der Waals surface area contributed by atoms with E-state index in [4.69, 9.17) is 16.3 Å². The molecule has 0 atom stereocenters. The first-order valence-corrected chi connectivity index (χ1v) is 10.0. The summed E-state index contributed by atoms with van der Waals surface area (Å²) in [5, 5.41) is 1.63. The molecule has 2 heterocycles. The van der Waals surface area contributed by atoms with Gasteiger partial charge in [-0.3, -0.25) is 14.2 Å². The molecule has 2 aromatic rings. The van der Waals surface area contributed by atoms with Crippen LogP contribution >= 0.6 is 23.4 Å². The summed E-state index contributed by atoms with van der Waals surface area (Å²) >= 11 is 7.35. The van der Waals surface area contributed by atoms with Crippen molar-refractivity contribution in [1.82, 2.24) is 14.5 Å². The minimum absolute atomic E-state index is 0.0369. The van der Waals surface area contributed by atoms with Gasteiger partial charge in [0.05, 0.1) is 29.9 Å². The van der Waals surface area contributed by atoms with Crippen molar-refractivity contribution in [3.63, 3.8) is 0 Å². The van der Waals surface area contributed by atoms with Gasteiger partial charge >= 0.3 is 0 Å². The van der Waals surface area contributed by atoms with E-state index in [2.05, 4.69) is 4.98 Å². The zero-order valence-electron chi connectivity index (χ0n) is 14.9. The van der Waals surface area contributed by atoms with E-state index in [0.717, 1.165) is 0 Å². The summed E-state index contributed by atoms with van der Waals surface area (Å²) < 4.78 is 6.94. The second-order valence-electron chi connectivity index (χ2n) is 6.65. The average Bonchev–Trinajstić information content (AvgIpc) is 2.62. The fourth-order valence-corrected chi connectivity index (χ4v) is 3.92. The van der Waals surface area contributed by atoms with E-state index in [9.17, 15) is 9.59 Å². The van der Waals surface area contributed by atoms with Crippen LogP contribution in [0.2, 0.25) is 5.02 Å². The average molecular weight is 396 g/mol. The Morgan fingerprint density at radius 2 is 2.08 bits per heavy atom. The molecule has 1 aliphatic rings. The molecule has 1 aromatic carbocycles. The molecular weight excluding hydrogens is 374 g/mol. The summed E-state index contributed by atoms with van der Waals surface area (Å²) in [5.41, 5.74) is 0.463. The molecule has 1 saturated heterocycles. The third kappa shape index (κ3) is 4.39. The molecule has 1 aliphatic heterocycles. The lowest BCUT2D eigenvalue weighted by Gasteiger charge is -2.26. The van der Waals surface area contributed by atoms with E-state index in [0.29, 0.717) is 53.9 Å². The zero-order valence-corrected chi connectivity index (χ0v) is 16.5. The van der Waals surface area contributed by atoms with Gasteiger partial charge in [0.15, 0.2) is 5.16 Å². The Morgan fingerprint density at radius 1 is 1.35 bits per heavy atom. The van der Waals surface area contributed by atoms with Gasteiger partial charge in [0.25, 0.3) is 5.56 Å². The van der Waals surface area contributed by atoms with Crippen LogP contribution in [-0.4, -0.2) is 52.4 Å². The smallest absolute Gasteiger partial charge is 0.262 e. The van der Waals surface area contributed by atoms with Crippen LogP contribution in [0.15, 0.2) is 28.2 Å². The lowest BCUT2D eigenvalue weighted by Crippen LogP contribution is -2.41. The molecule has 0 unspecified atom stereocenters. The summed E-state index contributed by atoms with van der Waals surface area (Å²) in [6.07, 6.45) is 0. The summed E-state index contributed by atoms with van der Waals surface area (Å²) in [4.78, 5) is 31.7. The first-order valence-electron chi connectivity index (χ1n) is 8.64. The first-order chi connectivity index (χ1) is 12.5. The van der Waals surface area contributed by atoms with Gasteiger partial charge in [-0.1, -0.05) is 37.2 Å². The standard InChI is InChI=1S/C18H22ClN3O3S/c1-12(2)10-22-17(24)14-4-3-13(19)9-15(14)20-18(22)26-11-16(23)21-5-7-25-8-6-21/h3-4,9,12H,5-8,10-11H2,1-2H3. The predicted molar refractivity (Wildman–Crippen MR) is 104 cm³/mol. The SMILES string of the molecule is CC(C)Cn1c(SCC(=O)N2CCOCC2)nc2cc(Cl)ccc2c1=O. The lowest BCUT2D eigenvalue weighted by molar-refractivity contribution is -0.132. The van der Waals surface area contributed by atoms with Crippen molar-refractivity contribution in [2.75, 3.05) is 32.1 Å². The Bertz CT molecular complexity index is 863. The number of benzene rings is 1. The van der Waals surface area contributed by atoms with Crippen LogP contribution in [0.25, 0.3) is 10.9 Å². The van der Waals surface area contributed by atoms with Crippen LogP contribution in [0, 0.1) is 5.92 Å². The monoisotopic (exact) mass is 395 g/mol. The van der Waals surface area contributed by atoms with Crippen molar-refractivity contribution in [2.45, 2.75) is 25.5 Å². The molecule has 0 bridgehead atoms. The maximum atomic E-state index is 12.9. The Kier molecular flexibility index (Phi) is 6.21. The van der Waals surface area contributed by atoms with Gasteiger partial charge in [-0.25, -0.2) is 4.98 Å². The molecule has 0 N–H and O–H groups in total. The van der Waals surface area contributed by atoms with Crippen molar-refractivity contribution >= 4 is 40.2 Å². The summed E-state index contributed by atoms with van der Waals surface area (Å²) in [6, 6.07) is 5.09. The highest BCUT2D eigenvalue weighted by molar-refractivity contribution is 7.99. The van der Waals surface area contributed by atoms with Crippen molar-refractivity contribution in [1.29, 1.82) is 0 Å². The van der Waals surface area contributed by atoms with Gasteiger partial charge in [0.2, 0.25) is 5.91 Å². The molecule has 0 aliphatic carbocycles. The number of carbonyl (C=O) groups excluding carboxylic acids is 1. The van der Waals surface area contributed by atoms with Crippen molar-refractivity contribution < 1.29 is 9.53 Å². The molecule has 26 heavy (non-hydrogen) atoms. The molecule has 3 rings (SSSR count). The Hall–Kier alpha value is -1.57. The molecule has 0 saturated carbocycles. The molecule has 0 spiro atoms. The lowest BCUT2D eigenvalue weighted by atomic mass is 10.2. The highest BCUT2D eigenvalue weighted by atomic mass is 35.5. The summed E-state index contributed by atoms with van der Waals surface area (Å²) in [6.45, 7) is 7.01. The maximum Gasteiger partial charge on any atom is 0.262 e. The number of aromatic nitrogens is 2. The Labute approximate surface area is 161 Å². The number of ether oxygens (including phenoxy) is 1. The fraction of sp³-hybridized carbons (Fsp3) is 0.500. The second-order valence-corrected chi connectivity index (χ2v) is 8.03. The Balaban J connectivity index is 1.89. The van der Waals surface area contributed by atoms with Gasteiger partial charge in [-0.2, -0.15) is 0 Å². The molecule has 1 aromatic heterocycles. The number of fused-ring (bicyclic) bond motifs is 1. The molecular formula is C18H22ClN3O3S. The Morgan fingerprint density at radius 3 is 2.77 bits per heavy atom. The van der Waals surface area contributed by atoms with Crippen LogP contribution < -0.4 is 5.56 Å². The molecule has 1 fully saturated rings. The number of thioether (sulfide) groups is 1. The van der Waals surface area contributed by atoms with E-state index in [1.807, 2.05) is 13.8 Å². The maximum absolute atomic E-state index is 12.9. The number of hydrogen-bond acceptors (Lipinski definition) is 5. The normalized spacial score (nSPS) is 15.0. The second kappa shape index (κ2) is 8.41. The van der Waals surface area contributed by atoms with Crippen LogP contribution in [-0.2, 0) is 16.1 Å². The van der Waals surface area contributed by atoms with Gasteiger partial charge in [0, 0.05) is 24.7 Å². The quantitative estimate of drug-likeness (QED) is 0.575. The highest BCUT2D eigenvalue weighted by Crippen LogP contribution is 2.21. The van der Waals surface area contributed by atoms with Crippen molar-refractivity contribution in [3.8, 4) is 0 Å². The largest absolute Gasteiger partial charge is 0.378 e. The summed E-state index contributed by atoms with van der Waals surface area (Å²) in [5.74, 6) is 0.569. The van der Waals surface area contributed by atoms with E-state index >= 15 is 0 Å². The molecule has 1 amide bonds. The topological polar surface area (TPSA) is 64.4 Å². The van der Waals surface area contributed by atoms with Crippen LogP contribution in [0.4, 0.5) is 0 Å². The molecule has 6 nitrogen and oxygen atoms in total. The van der Waals surface area contributed by atoms with Gasteiger partial charge in [-0.15, -0.1) is 0 Å². The number of hydrogen-bond donors (Lipinski definition) is 0.